The quantitative estimate of drug-likeness (QED) is 0.0466. The van der Waals surface area contributed by atoms with Gasteiger partial charge in [0.1, 0.15) is 34.7 Å². The van der Waals surface area contributed by atoms with Crippen molar-refractivity contribution in [1.29, 1.82) is 0 Å². The van der Waals surface area contributed by atoms with E-state index in [-0.39, 0.29) is 191 Å². The van der Waals surface area contributed by atoms with Crippen molar-refractivity contribution < 1.29 is 164 Å². The Hall–Kier alpha value is -9.30. The number of rotatable bonds is 27. The van der Waals surface area contributed by atoms with E-state index in [9.17, 15) is 28.8 Å². The molecule has 798 valence electrons. The molecule has 6 aromatic rings. The van der Waals surface area contributed by atoms with Gasteiger partial charge in [-0.3, -0.25) is 58.2 Å². The van der Waals surface area contributed by atoms with Gasteiger partial charge in [0.2, 0.25) is 0 Å². The van der Waals surface area contributed by atoms with Crippen molar-refractivity contribution in [2.24, 2.45) is 70.9 Å². The number of fused-ring (bicyclic) bond motifs is 18. The lowest BCUT2D eigenvalue weighted by atomic mass is 9.79. The first-order valence-corrected chi connectivity index (χ1v) is 47.0. The van der Waals surface area contributed by atoms with E-state index in [1.54, 1.807) is 54.0 Å². The molecule has 0 radical (unpaired) electrons. The van der Waals surface area contributed by atoms with Gasteiger partial charge in [-0.15, -0.1) is 0 Å². The van der Waals surface area contributed by atoms with Crippen molar-refractivity contribution in [3.05, 3.63) is 140 Å². The minimum Gasteiger partial charge on any atom is -0.493 e. The van der Waals surface area contributed by atoms with Crippen LogP contribution < -0.4 is 56.8 Å². The molecule has 0 amide bonds. The Morgan fingerprint density at radius 1 is 0.306 bits per heavy atom. The van der Waals surface area contributed by atoms with E-state index >= 15 is 0 Å². The largest absolute Gasteiger partial charge is 0.493 e. The number of carbonyl (C=O) groups excluding carboxylic acids is 6. The fourth-order valence-corrected chi connectivity index (χ4v) is 19.9. The Morgan fingerprint density at radius 3 is 0.882 bits per heavy atom. The number of benzene rings is 6. The number of nitrogens with zero attached hydrogens (tertiary/aromatic N) is 6. The maximum atomic E-state index is 13.7. The highest BCUT2D eigenvalue weighted by molar-refractivity contribution is 5.86. The summed E-state index contributed by atoms with van der Waals surface area (Å²) in [5.74, 6) is -26.1. The minimum atomic E-state index is -3.69. The highest BCUT2D eigenvalue weighted by atomic mass is 16.5. The second-order valence-corrected chi connectivity index (χ2v) is 37.1. The van der Waals surface area contributed by atoms with Crippen molar-refractivity contribution >= 4 is 34.7 Å². The lowest BCUT2D eigenvalue weighted by Gasteiger charge is -2.43. The van der Waals surface area contributed by atoms with E-state index < -0.39 is 271 Å². The maximum Gasteiger partial charge on any atom is 0.161 e. The standard InChI is InChI=1S/3C20H29NO3.3C19H27NO3.3CH4/c3*1-5-13(2)8-15-12-21-7-6-14-9-19(23-3)20(24-4)10-16(14)17(21)11-18(15)22;3*1-12(2)7-14-11-20-6-5-13-8-18(22-3)19(23-4)9-15(13)16(20)10-17(14)21;;;/h3*9-10,13,15,17H,5-8,11-12H2,1-4H3;3*8-9,12,14,16H,5-7,10-11H2,1-4H3;3*1H4/i2D3,4D3,5D2,8D2,11D2,13D,15D;2D3,4D3,5D2,8D2,12D2,13D;2D3,4D3,5D2,8D2,13D;4D3,10D2,11D2,14D;4D3,10D2,14D;4D3,11D2;;;. The third kappa shape index (κ3) is 27.2. The van der Waals surface area contributed by atoms with Gasteiger partial charge < -0.3 is 56.8 Å². The Bertz CT molecular complexity index is 7900. The predicted octanol–water partition coefficient (Wildman–Crippen LogP) is 22.5. The fraction of sp³-hybridized carbons (Fsp3) is 0.650. The number of Topliss-reactive ketones (excluding diaryl/α,β-unsaturated/α-hetero) is 6. The minimum absolute atomic E-state index is 0. The molecule has 0 aromatic heterocycles. The first-order chi connectivity index (χ1) is 89.4. The van der Waals surface area contributed by atoms with Gasteiger partial charge >= 0.3 is 0 Å². The highest BCUT2D eigenvalue weighted by Gasteiger charge is 2.47. The summed E-state index contributed by atoms with van der Waals surface area (Å²) in [5.41, 5.74) is 6.97. The summed E-state index contributed by atoms with van der Waals surface area (Å²) in [6.07, 6.45) is -24.2. The van der Waals surface area contributed by atoms with Gasteiger partial charge in [-0.25, -0.2) is 0 Å². The molecule has 15 atom stereocenters. The van der Waals surface area contributed by atoms with E-state index in [4.69, 9.17) is 135 Å². The molecule has 6 aromatic carbocycles. The molecule has 12 heterocycles. The predicted molar refractivity (Wildman–Crippen MR) is 575 cm³/mol. The molecule has 15 unspecified atom stereocenters. The molecule has 0 N–H and O–H groups in total. The summed E-state index contributed by atoms with van der Waals surface area (Å²) < 4.78 is 520. The highest BCUT2D eigenvalue weighted by Crippen LogP contribution is 2.51. The fourth-order valence-electron chi connectivity index (χ4n) is 19.9. The van der Waals surface area contributed by atoms with Crippen LogP contribution in [0.15, 0.2) is 72.8 Å². The summed E-state index contributed by atoms with van der Waals surface area (Å²) in [4.78, 5) is 88.5. The van der Waals surface area contributed by atoms with E-state index in [0.717, 1.165) is 36.1 Å². The smallest absolute Gasteiger partial charge is 0.161 e. The van der Waals surface area contributed by atoms with Crippen LogP contribution in [-0.2, 0) is 67.3 Å². The van der Waals surface area contributed by atoms with Crippen LogP contribution in [0.4, 0.5) is 0 Å². The van der Waals surface area contributed by atoms with Crippen LogP contribution in [0.2, 0.25) is 0 Å². The second kappa shape index (κ2) is 53.5. The molecular weight excluding hydrogens is 1810 g/mol. The van der Waals surface area contributed by atoms with E-state index in [1.807, 2.05) is 32.6 Å². The van der Waals surface area contributed by atoms with Gasteiger partial charge in [0.25, 0.3) is 0 Å². The zero-order chi connectivity index (χ0) is 151. The summed E-state index contributed by atoms with van der Waals surface area (Å²) in [7, 11) is -8.33. The Kier molecular flexibility index (Phi) is 22.2. The number of piperidine rings is 6. The number of ether oxygens (including phenoxy) is 12. The Labute approximate surface area is 944 Å². The third-order valence-corrected chi connectivity index (χ3v) is 26.9. The average molecular weight is 2050 g/mol. The molecular formula is C120H180N6O18. The van der Waals surface area contributed by atoms with E-state index in [2.05, 4.69) is 0 Å². The van der Waals surface area contributed by atoms with Crippen molar-refractivity contribution in [1.82, 2.24) is 29.4 Å². The number of carbonyl (C=O) groups is 6. The van der Waals surface area contributed by atoms with Crippen molar-refractivity contribution in [3.63, 3.8) is 0 Å². The van der Waals surface area contributed by atoms with Gasteiger partial charge in [-0.05, 0) is 252 Å². The normalized spacial score (nSPS) is 35.6. The molecule has 12 aliphatic rings. The molecule has 6 saturated heterocycles. The molecule has 18 rings (SSSR count). The van der Waals surface area contributed by atoms with Gasteiger partial charge in [0, 0.05) is 242 Å². The van der Waals surface area contributed by atoms with Crippen LogP contribution in [0.5, 0.6) is 69.0 Å². The van der Waals surface area contributed by atoms with Gasteiger partial charge in [0.15, 0.2) is 69.0 Å². The topological polar surface area (TPSA) is 233 Å². The van der Waals surface area contributed by atoms with Crippen molar-refractivity contribution in [2.75, 3.05) is 163 Å². The zero-order valence-corrected chi connectivity index (χ0v) is 82.2. The molecule has 24 nitrogen and oxygen atoms in total. The van der Waals surface area contributed by atoms with Crippen molar-refractivity contribution in [2.45, 2.75) is 276 Å². The molecule has 24 heteroatoms. The second-order valence-electron chi connectivity index (χ2n) is 37.1. The molecule has 0 spiro atoms. The molecule has 144 heavy (non-hydrogen) atoms. The third-order valence-electron chi connectivity index (χ3n) is 26.9. The first kappa shape index (κ1) is 59.8. The molecule has 6 fully saturated rings. The molecule has 12 aliphatic heterocycles. The van der Waals surface area contributed by atoms with Crippen LogP contribution in [0.1, 0.15) is 382 Å². The van der Waals surface area contributed by atoms with E-state index in [0.29, 0.717) is 97.8 Å². The Balaban J connectivity index is 0.000000239. The number of hydrogen-bond acceptors (Lipinski definition) is 24. The lowest BCUT2D eigenvalue weighted by Crippen LogP contribution is -2.46. The van der Waals surface area contributed by atoms with Gasteiger partial charge in [-0.1, -0.05) is 124 Å². The molecule has 0 saturated carbocycles. The monoisotopic (exact) mass is 2050 g/mol. The zero-order valence-electron chi connectivity index (χ0n) is 139. The Morgan fingerprint density at radius 2 is 0.556 bits per heavy atom. The van der Waals surface area contributed by atoms with Crippen LogP contribution in [0, 0.1) is 70.9 Å². The lowest BCUT2D eigenvalue weighted by molar-refractivity contribution is -0.130. The van der Waals surface area contributed by atoms with Crippen LogP contribution in [0.25, 0.3) is 0 Å². The van der Waals surface area contributed by atoms with Crippen LogP contribution in [0.3, 0.4) is 0 Å². The van der Waals surface area contributed by atoms with Crippen LogP contribution in [-0.4, -0.2) is 227 Å². The number of methoxy groups -OCH3 is 12. The van der Waals surface area contributed by atoms with Crippen molar-refractivity contribution in [3.8, 4) is 69.0 Å². The molecule has 0 bridgehead atoms. The number of hydrogen-bond donors (Lipinski definition) is 0. The SMILES string of the molecule is C.C.C.[2H]C([2H])([2H])Oc1cc2c(cc1OC)CCN1C2C([2H])([2H])C(=O)C([2H])(CC(C)C)C1([2H])[2H].[2H]C([2H])([2H])Oc1cc2c(cc1OC)CCN1C2CC(=O)C(C([2H])([2H])C([2H])(C([2H])([2H])[2H])C([2H])([2H])C)C1([2H])[2H].[2H]C([2H])([2H])Oc1cc2c(cc1OC)CCN1C2CC(=O)C(CC(C)C)C1([2H])[2H].[2H]C([2H])([2H])Oc1cc2c(cc1OC)CCN1CC(C([2H])([2H])C([2H])(C([2H])([2H])[2H])C([2H])([2H])C)C(=O)CC21.[2H]C([2H])([2H])Oc1cc2c(cc1OC)CCN1CC([2H])(C([2H])([2H])C([2H])(C([2H])([2H])[2H])C([2H])([2H])C)C(=O)C([2H])([2H])C21.[2H]C([2H])([2H])Oc1cc2c(cc1OC)CCN1CC([2H])(CC(C)C)C(=O)C([2H])([2H])C21. The first-order valence-electron chi connectivity index (χ1n) is 75.5. The summed E-state index contributed by atoms with van der Waals surface area (Å²) in [6.45, 7) is -3.28. The molecule has 0 aliphatic carbocycles. The maximum absolute atomic E-state index is 13.7. The summed E-state index contributed by atoms with van der Waals surface area (Å²) in [5, 5.41) is 0. The van der Waals surface area contributed by atoms with Gasteiger partial charge in [0.05, 0.1) is 110 Å². The van der Waals surface area contributed by atoms with Crippen LogP contribution >= 0.6 is 0 Å². The summed E-state index contributed by atoms with van der Waals surface area (Å²) in [6, 6.07) is 12.5. The van der Waals surface area contributed by atoms with E-state index in [1.165, 1.54) is 99.8 Å². The van der Waals surface area contributed by atoms with Gasteiger partial charge in [-0.2, -0.15) is 0 Å². The average Bonchev–Trinajstić information content (AvgIpc) is 0.650. The summed E-state index contributed by atoms with van der Waals surface area (Å²) >= 11 is 0. The number of ketones is 6.